The largest absolute Gasteiger partial charge is 0.384 e. The molecule has 18 heavy (non-hydrogen) atoms. The number of methoxy groups -OCH3 is 1. The van der Waals surface area contributed by atoms with Crippen molar-refractivity contribution >= 4 is 11.6 Å². The SMILES string of the molecule is COCCc1ccccc1NC(=O)COCCN. The quantitative estimate of drug-likeness (QED) is 0.671. The van der Waals surface area contributed by atoms with Gasteiger partial charge in [-0.25, -0.2) is 0 Å². The molecule has 0 saturated carbocycles. The van der Waals surface area contributed by atoms with Crippen molar-refractivity contribution in [2.24, 2.45) is 5.73 Å². The summed E-state index contributed by atoms with van der Waals surface area (Å²) in [5.74, 6) is -0.173. The van der Waals surface area contributed by atoms with Crippen LogP contribution in [0.5, 0.6) is 0 Å². The van der Waals surface area contributed by atoms with E-state index in [1.807, 2.05) is 24.3 Å². The Morgan fingerprint density at radius 3 is 2.83 bits per heavy atom. The molecule has 1 aromatic carbocycles. The van der Waals surface area contributed by atoms with Gasteiger partial charge in [-0.3, -0.25) is 4.79 Å². The average molecular weight is 252 g/mol. The average Bonchev–Trinajstić information content (AvgIpc) is 2.38. The summed E-state index contributed by atoms with van der Waals surface area (Å²) >= 11 is 0. The number of nitrogens with one attached hydrogen (secondary N) is 1. The molecule has 0 spiro atoms. The summed E-state index contributed by atoms with van der Waals surface area (Å²) in [4.78, 5) is 11.6. The third-order valence-electron chi connectivity index (χ3n) is 2.36. The molecule has 5 heteroatoms. The van der Waals surface area contributed by atoms with Crippen LogP contribution in [0.4, 0.5) is 5.69 Å². The summed E-state index contributed by atoms with van der Waals surface area (Å²) in [5, 5.41) is 2.82. The molecule has 0 unspecified atom stereocenters. The molecule has 0 fully saturated rings. The molecule has 1 aromatic rings. The van der Waals surface area contributed by atoms with Gasteiger partial charge in [0.05, 0.1) is 13.2 Å². The van der Waals surface area contributed by atoms with Crippen molar-refractivity contribution in [3.8, 4) is 0 Å². The predicted octanol–water partition coefficient (Wildman–Crippen LogP) is 0.789. The fourth-order valence-corrected chi connectivity index (χ4v) is 1.51. The first-order valence-corrected chi connectivity index (χ1v) is 5.92. The standard InChI is InChI=1S/C13H20N2O3/c1-17-8-6-11-4-2-3-5-12(11)15-13(16)10-18-9-7-14/h2-5H,6-10,14H2,1H3,(H,15,16). The number of benzene rings is 1. The highest BCUT2D eigenvalue weighted by Crippen LogP contribution is 2.15. The van der Waals surface area contributed by atoms with E-state index in [9.17, 15) is 4.79 Å². The number of amides is 1. The van der Waals surface area contributed by atoms with Gasteiger partial charge in [0.2, 0.25) is 5.91 Å². The van der Waals surface area contributed by atoms with Gasteiger partial charge >= 0.3 is 0 Å². The lowest BCUT2D eigenvalue weighted by Gasteiger charge is -2.10. The van der Waals surface area contributed by atoms with Crippen LogP contribution in [0, 0.1) is 0 Å². The number of rotatable bonds is 8. The third-order valence-corrected chi connectivity index (χ3v) is 2.36. The van der Waals surface area contributed by atoms with Crippen molar-refractivity contribution in [1.29, 1.82) is 0 Å². The Labute approximate surface area is 107 Å². The lowest BCUT2D eigenvalue weighted by atomic mass is 10.1. The van der Waals surface area contributed by atoms with Gasteiger partial charge in [0.15, 0.2) is 0 Å². The topological polar surface area (TPSA) is 73.6 Å². The van der Waals surface area contributed by atoms with Crippen molar-refractivity contribution in [3.05, 3.63) is 29.8 Å². The molecule has 0 aliphatic carbocycles. The van der Waals surface area contributed by atoms with Crippen LogP contribution in [0.2, 0.25) is 0 Å². The fraction of sp³-hybridized carbons (Fsp3) is 0.462. The summed E-state index contributed by atoms with van der Waals surface area (Å²) in [6.45, 7) is 1.45. The van der Waals surface area contributed by atoms with Crippen molar-refractivity contribution in [3.63, 3.8) is 0 Å². The van der Waals surface area contributed by atoms with Crippen molar-refractivity contribution < 1.29 is 14.3 Å². The predicted molar refractivity (Wildman–Crippen MR) is 70.5 cm³/mol. The Hall–Kier alpha value is -1.43. The molecule has 1 rings (SSSR count). The summed E-state index contributed by atoms with van der Waals surface area (Å²) in [7, 11) is 1.65. The molecule has 5 nitrogen and oxygen atoms in total. The third kappa shape index (κ3) is 5.27. The molecule has 0 aliphatic rings. The van der Waals surface area contributed by atoms with Crippen LogP contribution in [-0.4, -0.2) is 39.4 Å². The molecular weight excluding hydrogens is 232 g/mol. The first-order chi connectivity index (χ1) is 8.77. The maximum Gasteiger partial charge on any atom is 0.250 e. The van der Waals surface area contributed by atoms with Gasteiger partial charge in [0.1, 0.15) is 6.61 Å². The van der Waals surface area contributed by atoms with Crippen LogP contribution in [0.1, 0.15) is 5.56 Å². The smallest absolute Gasteiger partial charge is 0.250 e. The van der Waals surface area contributed by atoms with E-state index >= 15 is 0 Å². The van der Waals surface area contributed by atoms with Gasteiger partial charge < -0.3 is 20.5 Å². The maximum absolute atomic E-state index is 11.6. The lowest BCUT2D eigenvalue weighted by molar-refractivity contribution is -0.120. The van der Waals surface area contributed by atoms with Crippen LogP contribution in [-0.2, 0) is 20.7 Å². The highest BCUT2D eigenvalue weighted by Gasteiger charge is 2.06. The van der Waals surface area contributed by atoms with Crippen LogP contribution in [0.25, 0.3) is 0 Å². The molecule has 0 atom stereocenters. The van der Waals surface area contributed by atoms with E-state index in [1.54, 1.807) is 7.11 Å². The van der Waals surface area contributed by atoms with Crippen LogP contribution < -0.4 is 11.1 Å². The second-order valence-electron chi connectivity index (χ2n) is 3.79. The van der Waals surface area contributed by atoms with E-state index in [2.05, 4.69) is 5.32 Å². The van der Waals surface area contributed by atoms with Crippen LogP contribution in [0.3, 0.4) is 0 Å². The number of carbonyl (C=O) groups excluding carboxylic acids is 1. The number of ether oxygens (including phenoxy) is 2. The summed E-state index contributed by atoms with van der Waals surface area (Å²) < 4.78 is 10.1. The first kappa shape index (κ1) is 14.6. The highest BCUT2D eigenvalue weighted by molar-refractivity contribution is 5.92. The minimum atomic E-state index is -0.173. The minimum absolute atomic E-state index is 0.0236. The molecule has 0 aromatic heterocycles. The summed E-state index contributed by atoms with van der Waals surface area (Å²) in [6.07, 6.45) is 0.761. The Balaban J connectivity index is 2.51. The highest BCUT2D eigenvalue weighted by atomic mass is 16.5. The molecule has 0 bridgehead atoms. The van der Waals surface area contributed by atoms with Gasteiger partial charge in [0, 0.05) is 19.3 Å². The van der Waals surface area contributed by atoms with E-state index in [4.69, 9.17) is 15.2 Å². The van der Waals surface area contributed by atoms with Crippen molar-refractivity contribution in [1.82, 2.24) is 0 Å². The summed E-state index contributed by atoms with van der Waals surface area (Å²) in [6, 6.07) is 7.65. The molecular formula is C13H20N2O3. The Morgan fingerprint density at radius 2 is 2.11 bits per heavy atom. The van der Waals surface area contributed by atoms with E-state index in [0.717, 1.165) is 17.7 Å². The zero-order valence-electron chi connectivity index (χ0n) is 10.6. The lowest BCUT2D eigenvalue weighted by Crippen LogP contribution is -2.21. The first-order valence-electron chi connectivity index (χ1n) is 5.92. The Kier molecular flexibility index (Phi) is 7.01. The van der Waals surface area contributed by atoms with Crippen LogP contribution in [0.15, 0.2) is 24.3 Å². The number of hydrogen-bond acceptors (Lipinski definition) is 4. The number of nitrogens with two attached hydrogens (primary N) is 1. The fourth-order valence-electron chi connectivity index (χ4n) is 1.51. The molecule has 3 N–H and O–H groups in total. The van der Waals surface area contributed by atoms with Crippen molar-refractivity contribution in [2.45, 2.75) is 6.42 Å². The number of carbonyl (C=O) groups is 1. The molecule has 0 aliphatic heterocycles. The van der Waals surface area contributed by atoms with E-state index in [1.165, 1.54) is 0 Å². The Morgan fingerprint density at radius 1 is 1.33 bits per heavy atom. The van der Waals surface area contributed by atoms with Gasteiger partial charge in [-0.05, 0) is 18.1 Å². The van der Waals surface area contributed by atoms with E-state index in [-0.39, 0.29) is 12.5 Å². The monoisotopic (exact) mass is 252 g/mol. The molecule has 100 valence electrons. The normalized spacial score (nSPS) is 10.3. The Bertz CT molecular complexity index is 369. The number of anilines is 1. The number of hydrogen-bond donors (Lipinski definition) is 2. The summed E-state index contributed by atoms with van der Waals surface area (Å²) in [5.41, 5.74) is 7.13. The zero-order chi connectivity index (χ0) is 13.2. The second kappa shape index (κ2) is 8.63. The van der Waals surface area contributed by atoms with Gasteiger partial charge in [-0.15, -0.1) is 0 Å². The van der Waals surface area contributed by atoms with Crippen molar-refractivity contribution in [2.75, 3.05) is 38.8 Å². The number of para-hydroxylation sites is 1. The van der Waals surface area contributed by atoms with Crippen LogP contribution >= 0.6 is 0 Å². The van der Waals surface area contributed by atoms with E-state index < -0.39 is 0 Å². The molecule has 0 heterocycles. The van der Waals surface area contributed by atoms with Gasteiger partial charge in [-0.1, -0.05) is 18.2 Å². The van der Waals surface area contributed by atoms with Gasteiger partial charge in [0.25, 0.3) is 0 Å². The minimum Gasteiger partial charge on any atom is -0.384 e. The maximum atomic E-state index is 11.6. The zero-order valence-corrected chi connectivity index (χ0v) is 10.6. The molecule has 1 amide bonds. The second-order valence-corrected chi connectivity index (χ2v) is 3.79. The molecule has 0 radical (unpaired) electrons. The van der Waals surface area contributed by atoms with Gasteiger partial charge in [-0.2, -0.15) is 0 Å². The molecule has 0 saturated heterocycles. The van der Waals surface area contributed by atoms with E-state index in [0.29, 0.717) is 19.8 Å².